The van der Waals surface area contributed by atoms with Gasteiger partial charge < -0.3 is 4.74 Å². The van der Waals surface area contributed by atoms with Crippen molar-refractivity contribution >= 4 is 63.4 Å². The molecule has 7 heteroatoms. The predicted molar refractivity (Wildman–Crippen MR) is 95.5 cm³/mol. The van der Waals surface area contributed by atoms with Crippen molar-refractivity contribution in [2.75, 3.05) is 6.26 Å². The molecule has 0 saturated heterocycles. The molecule has 1 aliphatic rings. The van der Waals surface area contributed by atoms with Crippen LogP contribution in [-0.2, 0) is 16.1 Å². The minimum Gasteiger partial charge on any atom is -0.460 e. The zero-order valence-corrected chi connectivity index (χ0v) is 15.6. The topological polar surface area (TPSA) is 39.2 Å². The van der Waals surface area contributed by atoms with Crippen molar-refractivity contribution in [3.8, 4) is 0 Å². The molecule has 1 fully saturated rings. The molecule has 23 heavy (non-hydrogen) atoms. The molecule has 1 aromatic carbocycles. The summed E-state index contributed by atoms with van der Waals surface area (Å²) >= 11 is 19.8. The standard InChI is InChI=1S/C16H14Cl3NO2S/c1-15(8-16(15,18)19)14(21)22-7-10-5-9-3-4-11(23-2)6-12(9)20-13(10)17/h3-6H,7-8H2,1-2H3/t15-/m1/s1. The number of aromatic nitrogens is 1. The summed E-state index contributed by atoms with van der Waals surface area (Å²) in [7, 11) is 0. The van der Waals surface area contributed by atoms with Gasteiger partial charge in [-0.05, 0) is 31.4 Å². The van der Waals surface area contributed by atoms with Crippen LogP contribution in [0, 0.1) is 5.41 Å². The molecule has 0 spiro atoms. The number of hydrogen-bond donors (Lipinski definition) is 0. The van der Waals surface area contributed by atoms with Crippen LogP contribution in [-0.4, -0.2) is 21.5 Å². The molecule has 1 heterocycles. The predicted octanol–water partition coefficient (Wildman–Crippen LogP) is 5.24. The number of benzene rings is 1. The Bertz CT molecular complexity index is 796. The highest BCUT2D eigenvalue weighted by atomic mass is 35.5. The van der Waals surface area contributed by atoms with Crippen molar-refractivity contribution in [2.45, 2.75) is 29.2 Å². The second-order valence-electron chi connectivity index (χ2n) is 5.79. The lowest BCUT2D eigenvalue weighted by Gasteiger charge is -2.13. The number of thioether (sulfide) groups is 1. The highest BCUT2D eigenvalue weighted by Gasteiger charge is 2.69. The third-order valence-electron chi connectivity index (χ3n) is 4.12. The number of nitrogens with zero attached hydrogens (tertiary/aromatic N) is 1. The number of esters is 1. The maximum absolute atomic E-state index is 12.1. The summed E-state index contributed by atoms with van der Waals surface area (Å²) < 4.78 is 4.29. The van der Waals surface area contributed by atoms with Crippen molar-refractivity contribution in [1.82, 2.24) is 4.98 Å². The first-order valence-electron chi connectivity index (χ1n) is 6.95. The van der Waals surface area contributed by atoms with Gasteiger partial charge in [0.25, 0.3) is 0 Å². The zero-order valence-electron chi connectivity index (χ0n) is 12.5. The Kier molecular flexibility index (Phi) is 4.47. The van der Waals surface area contributed by atoms with Crippen LogP contribution in [0.1, 0.15) is 18.9 Å². The second-order valence-corrected chi connectivity index (χ2v) is 8.51. The lowest BCUT2D eigenvalue weighted by Crippen LogP contribution is -2.21. The van der Waals surface area contributed by atoms with E-state index in [0.29, 0.717) is 17.1 Å². The van der Waals surface area contributed by atoms with Crippen LogP contribution in [0.15, 0.2) is 29.2 Å². The lowest BCUT2D eigenvalue weighted by atomic mass is 10.1. The Balaban J connectivity index is 1.78. The fraction of sp³-hybridized carbons (Fsp3) is 0.375. The molecule has 0 aliphatic heterocycles. The number of rotatable bonds is 4. The first kappa shape index (κ1) is 17.2. The van der Waals surface area contributed by atoms with E-state index in [4.69, 9.17) is 39.5 Å². The maximum atomic E-state index is 12.1. The molecule has 1 atom stereocenters. The van der Waals surface area contributed by atoms with Gasteiger partial charge in [-0.2, -0.15) is 0 Å². The largest absolute Gasteiger partial charge is 0.460 e. The van der Waals surface area contributed by atoms with Crippen molar-refractivity contribution in [1.29, 1.82) is 0 Å². The monoisotopic (exact) mass is 389 g/mol. The molecular formula is C16H14Cl3NO2S. The average Bonchev–Trinajstić information content (AvgIpc) is 3.04. The third kappa shape index (κ3) is 3.14. The van der Waals surface area contributed by atoms with Gasteiger partial charge in [0.1, 0.15) is 21.5 Å². The number of hydrogen-bond acceptors (Lipinski definition) is 4. The molecule has 1 aromatic heterocycles. The Morgan fingerprint density at radius 3 is 2.70 bits per heavy atom. The van der Waals surface area contributed by atoms with Gasteiger partial charge in [-0.15, -0.1) is 35.0 Å². The maximum Gasteiger partial charge on any atom is 0.315 e. The minimum absolute atomic E-state index is 0.0460. The Morgan fingerprint density at radius 1 is 1.39 bits per heavy atom. The molecule has 3 rings (SSSR count). The van der Waals surface area contributed by atoms with Crippen molar-refractivity contribution in [2.24, 2.45) is 5.41 Å². The fourth-order valence-corrected chi connectivity index (χ4v) is 3.64. The normalized spacial score (nSPS) is 22.1. The van der Waals surface area contributed by atoms with Crippen LogP contribution < -0.4 is 0 Å². The number of halogens is 3. The minimum atomic E-state index is -1.04. The highest BCUT2D eigenvalue weighted by molar-refractivity contribution is 7.98. The SMILES string of the molecule is CSc1ccc2cc(COC(=O)[C@@]3(C)CC3(Cl)Cl)c(Cl)nc2c1. The molecule has 0 bridgehead atoms. The molecule has 0 radical (unpaired) electrons. The van der Waals surface area contributed by atoms with E-state index in [1.54, 1.807) is 18.7 Å². The number of pyridine rings is 1. The summed E-state index contributed by atoms with van der Waals surface area (Å²) in [6.45, 7) is 1.74. The summed E-state index contributed by atoms with van der Waals surface area (Å²) in [6, 6.07) is 7.84. The Labute approximate surface area is 153 Å². The van der Waals surface area contributed by atoms with E-state index in [1.165, 1.54) is 0 Å². The van der Waals surface area contributed by atoms with E-state index in [2.05, 4.69) is 4.98 Å². The second kappa shape index (κ2) is 5.99. The van der Waals surface area contributed by atoms with Crippen molar-refractivity contribution in [3.05, 3.63) is 35.0 Å². The van der Waals surface area contributed by atoms with E-state index in [0.717, 1.165) is 15.8 Å². The molecule has 0 amide bonds. The van der Waals surface area contributed by atoms with Crippen LogP contribution >= 0.6 is 46.6 Å². The molecule has 0 unspecified atom stereocenters. The summed E-state index contributed by atoms with van der Waals surface area (Å²) in [5, 5.41) is 1.27. The van der Waals surface area contributed by atoms with E-state index >= 15 is 0 Å². The van der Waals surface area contributed by atoms with Crippen LogP contribution in [0.2, 0.25) is 5.15 Å². The van der Waals surface area contributed by atoms with Gasteiger partial charge in [-0.25, -0.2) is 4.98 Å². The van der Waals surface area contributed by atoms with Gasteiger partial charge in [-0.1, -0.05) is 17.7 Å². The molecule has 2 aromatic rings. The van der Waals surface area contributed by atoms with Crippen LogP contribution in [0.4, 0.5) is 0 Å². The fourth-order valence-electron chi connectivity index (χ4n) is 2.32. The van der Waals surface area contributed by atoms with E-state index < -0.39 is 15.7 Å². The van der Waals surface area contributed by atoms with Gasteiger partial charge in [-0.3, -0.25) is 4.79 Å². The molecule has 3 nitrogen and oxygen atoms in total. The molecule has 1 aliphatic carbocycles. The van der Waals surface area contributed by atoms with Gasteiger partial charge in [0, 0.05) is 22.3 Å². The number of alkyl halides is 2. The third-order valence-corrected chi connectivity index (χ3v) is 6.27. The number of carbonyl (C=O) groups excluding carboxylic acids is 1. The average molecular weight is 391 g/mol. The van der Waals surface area contributed by atoms with Gasteiger partial charge in [0.05, 0.1) is 5.52 Å². The van der Waals surface area contributed by atoms with E-state index in [1.807, 2.05) is 30.5 Å². The molecule has 0 N–H and O–H groups in total. The van der Waals surface area contributed by atoms with Crippen LogP contribution in [0.25, 0.3) is 10.9 Å². The molecule has 1 saturated carbocycles. The van der Waals surface area contributed by atoms with Crippen LogP contribution in [0.3, 0.4) is 0 Å². The molecular weight excluding hydrogens is 377 g/mol. The summed E-state index contributed by atoms with van der Waals surface area (Å²) in [6.07, 6.45) is 2.39. The quantitative estimate of drug-likeness (QED) is 0.310. The number of ether oxygens (including phenoxy) is 1. The van der Waals surface area contributed by atoms with Gasteiger partial charge in [0.15, 0.2) is 0 Å². The first-order valence-corrected chi connectivity index (χ1v) is 9.31. The van der Waals surface area contributed by atoms with E-state index in [9.17, 15) is 4.79 Å². The zero-order chi connectivity index (χ0) is 16.8. The smallest absolute Gasteiger partial charge is 0.315 e. The van der Waals surface area contributed by atoms with Crippen LogP contribution in [0.5, 0.6) is 0 Å². The lowest BCUT2D eigenvalue weighted by molar-refractivity contribution is -0.150. The Morgan fingerprint density at radius 2 is 2.09 bits per heavy atom. The van der Waals surface area contributed by atoms with Crippen molar-refractivity contribution < 1.29 is 9.53 Å². The molecule has 122 valence electrons. The van der Waals surface area contributed by atoms with Gasteiger partial charge >= 0.3 is 5.97 Å². The van der Waals surface area contributed by atoms with E-state index in [-0.39, 0.29) is 6.61 Å². The van der Waals surface area contributed by atoms with Gasteiger partial charge in [0.2, 0.25) is 0 Å². The Hall–Kier alpha value is -0.680. The number of carbonyl (C=O) groups is 1. The van der Waals surface area contributed by atoms with Crippen molar-refractivity contribution in [3.63, 3.8) is 0 Å². The number of fused-ring (bicyclic) bond motifs is 1. The highest BCUT2D eigenvalue weighted by Crippen LogP contribution is 2.64. The summed E-state index contributed by atoms with van der Waals surface area (Å²) in [5.74, 6) is -0.420. The summed E-state index contributed by atoms with van der Waals surface area (Å²) in [5.41, 5.74) is 0.621. The first-order chi connectivity index (χ1) is 10.8. The summed E-state index contributed by atoms with van der Waals surface area (Å²) in [4.78, 5) is 17.6.